The molecule has 1 heterocycles. The Morgan fingerprint density at radius 2 is 2.16 bits per heavy atom. The predicted octanol–water partition coefficient (Wildman–Crippen LogP) is 2.30. The Bertz CT molecular complexity index is 382. The Hall–Kier alpha value is -0.610. The molecule has 1 fully saturated rings. The van der Waals surface area contributed by atoms with Crippen molar-refractivity contribution < 1.29 is 5.11 Å². The molecule has 0 aromatic heterocycles. The fraction of sp³-hybridized carbons (Fsp3) is 0.600. The number of benzene rings is 1. The third-order valence-electron chi connectivity index (χ3n) is 3.75. The Balaban J connectivity index is 1.71. The van der Waals surface area contributed by atoms with Crippen molar-refractivity contribution in [1.29, 1.82) is 0 Å². The monoisotopic (exact) mass is 282 g/mol. The van der Waals surface area contributed by atoms with E-state index in [4.69, 9.17) is 11.6 Å². The number of aliphatic hydroxyl groups excluding tert-OH is 1. The molecule has 0 aliphatic carbocycles. The summed E-state index contributed by atoms with van der Waals surface area (Å²) in [5.74, 6) is 0.705. The van der Waals surface area contributed by atoms with Crippen molar-refractivity contribution in [3.63, 3.8) is 0 Å². The van der Waals surface area contributed by atoms with Gasteiger partial charge >= 0.3 is 0 Å². The quantitative estimate of drug-likeness (QED) is 0.870. The second kappa shape index (κ2) is 7.25. The number of rotatable bonds is 5. The highest BCUT2D eigenvalue weighted by molar-refractivity contribution is 6.30. The zero-order valence-electron chi connectivity index (χ0n) is 11.5. The molecule has 4 heteroatoms. The third kappa shape index (κ3) is 4.77. The van der Waals surface area contributed by atoms with Crippen LogP contribution in [-0.4, -0.2) is 43.2 Å². The van der Waals surface area contributed by atoms with Gasteiger partial charge in [-0.25, -0.2) is 0 Å². The molecule has 1 aromatic rings. The van der Waals surface area contributed by atoms with E-state index in [0.717, 1.165) is 18.7 Å². The molecular weight excluding hydrogens is 260 g/mol. The Morgan fingerprint density at radius 3 is 2.84 bits per heavy atom. The lowest BCUT2D eigenvalue weighted by atomic mass is 9.98. The van der Waals surface area contributed by atoms with Crippen molar-refractivity contribution in [1.82, 2.24) is 10.2 Å². The van der Waals surface area contributed by atoms with E-state index in [-0.39, 0.29) is 0 Å². The molecular formula is C15H23ClN2O. The van der Waals surface area contributed by atoms with Crippen LogP contribution in [0, 0.1) is 5.92 Å². The third-order valence-corrected chi connectivity index (χ3v) is 4.00. The highest BCUT2D eigenvalue weighted by Gasteiger charge is 2.17. The summed E-state index contributed by atoms with van der Waals surface area (Å²) in [6.07, 6.45) is 2.11. The maximum atomic E-state index is 10.1. The van der Waals surface area contributed by atoms with Gasteiger partial charge in [-0.1, -0.05) is 23.7 Å². The Morgan fingerprint density at radius 1 is 1.42 bits per heavy atom. The number of piperidine rings is 1. The number of aliphatic hydroxyl groups is 1. The van der Waals surface area contributed by atoms with Crippen LogP contribution in [-0.2, 0) is 0 Å². The SMILES string of the molecule is CN1CCCC(CNCC(O)c2ccc(Cl)cc2)C1. The van der Waals surface area contributed by atoms with E-state index in [1.165, 1.54) is 19.4 Å². The number of nitrogens with one attached hydrogen (secondary N) is 1. The average molecular weight is 283 g/mol. The Kier molecular flexibility index (Phi) is 5.64. The van der Waals surface area contributed by atoms with E-state index in [1.54, 1.807) is 0 Å². The van der Waals surface area contributed by atoms with Crippen LogP contribution >= 0.6 is 11.6 Å². The molecule has 0 radical (unpaired) electrons. The van der Waals surface area contributed by atoms with Gasteiger partial charge in [-0.15, -0.1) is 0 Å². The van der Waals surface area contributed by atoms with Crippen LogP contribution in [0.15, 0.2) is 24.3 Å². The molecule has 0 spiro atoms. The van der Waals surface area contributed by atoms with Gasteiger partial charge in [-0.2, -0.15) is 0 Å². The fourth-order valence-electron chi connectivity index (χ4n) is 2.67. The number of likely N-dealkylation sites (tertiary alicyclic amines) is 1. The van der Waals surface area contributed by atoms with Crippen LogP contribution in [0.1, 0.15) is 24.5 Å². The molecule has 1 aliphatic heterocycles. The molecule has 2 rings (SSSR count). The summed E-state index contributed by atoms with van der Waals surface area (Å²) in [7, 11) is 2.18. The van der Waals surface area contributed by atoms with E-state index in [0.29, 0.717) is 17.5 Å². The highest BCUT2D eigenvalue weighted by atomic mass is 35.5. The summed E-state index contributed by atoms with van der Waals surface area (Å²) < 4.78 is 0. The van der Waals surface area contributed by atoms with Crippen molar-refractivity contribution in [2.45, 2.75) is 18.9 Å². The van der Waals surface area contributed by atoms with Gasteiger partial charge in [-0.3, -0.25) is 0 Å². The minimum atomic E-state index is -0.460. The lowest BCUT2D eigenvalue weighted by Crippen LogP contribution is -2.38. The second-order valence-electron chi connectivity index (χ2n) is 5.50. The van der Waals surface area contributed by atoms with E-state index >= 15 is 0 Å². The van der Waals surface area contributed by atoms with E-state index in [2.05, 4.69) is 17.3 Å². The normalized spacial score (nSPS) is 22.4. The smallest absolute Gasteiger partial charge is 0.0914 e. The van der Waals surface area contributed by atoms with Crippen LogP contribution in [0.3, 0.4) is 0 Å². The summed E-state index contributed by atoms with van der Waals surface area (Å²) in [5.41, 5.74) is 0.915. The van der Waals surface area contributed by atoms with Crippen molar-refractivity contribution in [2.24, 2.45) is 5.92 Å². The molecule has 1 aliphatic rings. The van der Waals surface area contributed by atoms with Gasteiger partial charge in [-0.05, 0) is 56.6 Å². The summed E-state index contributed by atoms with van der Waals surface area (Å²) in [6, 6.07) is 7.39. The van der Waals surface area contributed by atoms with Gasteiger partial charge in [0.2, 0.25) is 0 Å². The Labute approximate surface area is 120 Å². The first-order valence-electron chi connectivity index (χ1n) is 6.98. The minimum absolute atomic E-state index is 0.460. The molecule has 2 N–H and O–H groups in total. The van der Waals surface area contributed by atoms with E-state index in [1.807, 2.05) is 24.3 Å². The molecule has 3 nitrogen and oxygen atoms in total. The first kappa shape index (κ1) is 14.8. The van der Waals surface area contributed by atoms with Crippen LogP contribution in [0.2, 0.25) is 5.02 Å². The zero-order chi connectivity index (χ0) is 13.7. The molecule has 106 valence electrons. The predicted molar refractivity (Wildman–Crippen MR) is 79.5 cm³/mol. The largest absolute Gasteiger partial charge is 0.387 e. The van der Waals surface area contributed by atoms with Gasteiger partial charge in [0, 0.05) is 18.1 Å². The summed E-state index contributed by atoms with van der Waals surface area (Å²) in [5, 5.41) is 14.2. The maximum absolute atomic E-state index is 10.1. The first-order valence-corrected chi connectivity index (χ1v) is 7.35. The molecule has 19 heavy (non-hydrogen) atoms. The van der Waals surface area contributed by atoms with Crippen LogP contribution < -0.4 is 5.32 Å². The molecule has 0 saturated carbocycles. The zero-order valence-corrected chi connectivity index (χ0v) is 12.2. The highest BCUT2D eigenvalue weighted by Crippen LogP contribution is 2.17. The van der Waals surface area contributed by atoms with Gasteiger partial charge in [0.15, 0.2) is 0 Å². The topological polar surface area (TPSA) is 35.5 Å². The van der Waals surface area contributed by atoms with Gasteiger partial charge < -0.3 is 15.3 Å². The fourth-order valence-corrected chi connectivity index (χ4v) is 2.79. The van der Waals surface area contributed by atoms with Crippen molar-refractivity contribution in [3.05, 3.63) is 34.9 Å². The molecule has 2 unspecified atom stereocenters. The second-order valence-corrected chi connectivity index (χ2v) is 5.93. The van der Waals surface area contributed by atoms with Crippen LogP contribution in [0.25, 0.3) is 0 Å². The lowest BCUT2D eigenvalue weighted by molar-refractivity contribution is 0.163. The molecule has 0 amide bonds. The van der Waals surface area contributed by atoms with Gasteiger partial charge in [0.1, 0.15) is 0 Å². The molecule has 0 bridgehead atoms. The number of hydrogen-bond donors (Lipinski definition) is 2. The van der Waals surface area contributed by atoms with Crippen LogP contribution in [0.4, 0.5) is 0 Å². The van der Waals surface area contributed by atoms with Gasteiger partial charge in [0.25, 0.3) is 0 Å². The lowest BCUT2D eigenvalue weighted by Gasteiger charge is -2.30. The minimum Gasteiger partial charge on any atom is -0.387 e. The molecule has 1 saturated heterocycles. The number of nitrogens with zero attached hydrogens (tertiary/aromatic N) is 1. The van der Waals surface area contributed by atoms with Gasteiger partial charge in [0.05, 0.1) is 6.10 Å². The first-order chi connectivity index (χ1) is 9.15. The van der Waals surface area contributed by atoms with Crippen molar-refractivity contribution in [3.8, 4) is 0 Å². The number of halogens is 1. The summed E-state index contributed by atoms with van der Waals surface area (Å²) in [4.78, 5) is 2.38. The molecule has 1 aromatic carbocycles. The summed E-state index contributed by atoms with van der Waals surface area (Å²) in [6.45, 7) is 3.95. The molecule has 2 atom stereocenters. The van der Waals surface area contributed by atoms with Crippen molar-refractivity contribution >= 4 is 11.6 Å². The van der Waals surface area contributed by atoms with E-state index in [9.17, 15) is 5.11 Å². The van der Waals surface area contributed by atoms with Crippen LogP contribution in [0.5, 0.6) is 0 Å². The maximum Gasteiger partial charge on any atom is 0.0914 e. The summed E-state index contributed by atoms with van der Waals surface area (Å²) >= 11 is 5.83. The number of hydrogen-bond acceptors (Lipinski definition) is 3. The van der Waals surface area contributed by atoms with E-state index < -0.39 is 6.10 Å². The average Bonchev–Trinajstić information content (AvgIpc) is 2.39. The standard InChI is InChI=1S/C15H23ClN2O/c1-18-8-2-3-12(11-18)9-17-10-15(19)13-4-6-14(16)7-5-13/h4-7,12,15,17,19H,2-3,8-11H2,1H3. The van der Waals surface area contributed by atoms with Crippen molar-refractivity contribution in [2.75, 3.05) is 33.2 Å².